The largest absolute Gasteiger partial charge is 0.294 e. The molecular formula is C16H21N5. The summed E-state index contributed by atoms with van der Waals surface area (Å²) >= 11 is 0. The normalized spacial score (nSPS) is 18.7. The predicted octanol–water partition coefficient (Wildman–Crippen LogP) is 2.13. The summed E-state index contributed by atoms with van der Waals surface area (Å²) in [5.41, 5.74) is 3.86. The van der Waals surface area contributed by atoms with Crippen LogP contribution in [0.5, 0.6) is 0 Å². The summed E-state index contributed by atoms with van der Waals surface area (Å²) in [6.45, 7) is 6.04. The van der Waals surface area contributed by atoms with E-state index in [-0.39, 0.29) is 0 Å². The Balaban J connectivity index is 1.46. The van der Waals surface area contributed by atoms with Gasteiger partial charge in [-0.05, 0) is 19.8 Å². The van der Waals surface area contributed by atoms with E-state index < -0.39 is 0 Å². The number of hydrogen-bond donors (Lipinski definition) is 0. The monoisotopic (exact) mass is 283 g/mol. The first-order valence-electron chi connectivity index (χ1n) is 7.90. The molecular weight excluding hydrogens is 262 g/mol. The van der Waals surface area contributed by atoms with Crippen LogP contribution < -0.4 is 0 Å². The Hall–Kier alpha value is -1.75. The fourth-order valence-electron chi connectivity index (χ4n) is 2.98. The van der Waals surface area contributed by atoms with Gasteiger partial charge in [-0.3, -0.25) is 9.58 Å². The van der Waals surface area contributed by atoms with E-state index in [1.165, 1.54) is 29.7 Å². The van der Waals surface area contributed by atoms with Crippen LogP contribution in [0, 0.1) is 0 Å². The van der Waals surface area contributed by atoms with Crippen molar-refractivity contribution < 1.29 is 0 Å². The van der Waals surface area contributed by atoms with E-state index in [9.17, 15) is 0 Å². The lowest BCUT2D eigenvalue weighted by atomic mass is 10.1. The van der Waals surface area contributed by atoms with Gasteiger partial charge in [0.05, 0.1) is 6.20 Å². The van der Waals surface area contributed by atoms with Gasteiger partial charge in [-0.1, -0.05) is 0 Å². The Bertz CT molecular complexity index is 644. The molecule has 0 amide bonds. The van der Waals surface area contributed by atoms with Gasteiger partial charge in [0.1, 0.15) is 5.82 Å². The number of aromatic nitrogens is 4. The smallest absolute Gasteiger partial charge is 0.131 e. The van der Waals surface area contributed by atoms with Gasteiger partial charge >= 0.3 is 0 Å². The number of aryl methyl sites for hydroxylation is 1. The topological polar surface area (TPSA) is 46.8 Å². The summed E-state index contributed by atoms with van der Waals surface area (Å²) in [6, 6.07) is 0. The van der Waals surface area contributed by atoms with Gasteiger partial charge in [0.2, 0.25) is 0 Å². The molecule has 1 aliphatic heterocycles. The van der Waals surface area contributed by atoms with Gasteiger partial charge in [0, 0.05) is 67.7 Å². The molecule has 1 aliphatic carbocycles. The molecule has 0 radical (unpaired) electrons. The second kappa shape index (κ2) is 5.22. The molecule has 0 aromatic carbocycles. The molecule has 21 heavy (non-hydrogen) atoms. The van der Waals surface area contributed by atoms with Gasteiger partial charge in [-0.2, -0.15) is 5.10 Å². The zero-order valence-electron chi connectivity index (χ0n) is 12.5. The summed E-state index contributed by atoms with van der Waals surface area (Å²) in [5.74, 6) is 1.72. The lowest BCUT2D eigenvalue weighted by molar-refractivity contribution is 0.242. The molecule has 2 aromatic heterocycles. The Morgan fingerprint density at radius 1 is 1.29 bits per heavy atom. The lowest BCUT2D eigenvalue weighted by Gasteiger charge is -2.27. The van der Waals surface area contributed by atoms with Crippen LogP contribution >= 0.6 is 0 Å². The molecule has 1 fully saturated rings. The lowest BCUT2D eigenvalue weighted by Crippen LogP contribution is -2.31. The fourth-order valence-corrected chi connectivity index (χ4v) is 2.98. The highest BCUT2D eigenvalue weighted by Gasteiger charge is 2.28. The standard InChI is InChI=1S/C16H21N5/c1-2-21-10-12(7-18-21)9-20-6-5-15-14(11-20)8-17-16(19-15)13-3-4-13/h7-8,10,13H,2-6,9,11H2,1H3. The van der Waals surface area contributed by atoms with Crippen molar-refractivity contribution in [2.24, 2.45) is 0 Å². The van der Waals surface area contributed by atoms with Crippen molar-refractivity contribution in [3.8, 4) is 0 Å². The molecule has 4 rings (SSSR count). The van der Waals surface area contributed by atoms with Crippen LogP contribution in [-0.4, -0.2) is 31.2 Å². The number of nitrogens with zero attached hydrogens (tertiary/aromatic N) is 5. The van der Waals surface area contributed by atoms with E-state index in [2.05, 4.69) is 34.3 Å². The zero-order chi connectivity index (χ0) is 14.2. The van der Waals surface area contributed by atoms with Crippen LogP contribution in [0.4, 0.5) is 0 Å². The van der Waals surface area contributed by atoms with Crippen LogP contribution in [0.25, 0.3) is 0 Å². The minimum atomic E-state index is 0.646. The quantitative estimate of drug-likeness (QED) is 0.862. The first-order valence-corrected chi connectivity index (χ1v) is 7.90. The van der Waals surface area contributed by atoms with Crippen molar-refractivity contribution in [1.29, 1.82) is 0 Å². The Morgan fingerprint density at radius 3 is 2.95 bits per heavy atom. The molecule has 1 saturated carbocycles. The van der Waals surface area contributed by atoms with E-state index in [1.807, 2.05) is 10.9 Å². The third kappa shape index (κ3) is 2.70. The van der Waals surface area contributed by atoms with Gasteiger partial charge in [-0.25, -0.2) is 9.97 Å². The van der Waals surface area contributed by atoms with E-state index in [0.717, 1.165) is 38.4 Å². The van der Waals surface area contributed by atoms with E-state index in [0.29, 0.717) is 5.92 Å². The predicted molar refractivity (Wildman–Crippen MR) is 79.7 cm³/mol. The van der Waals surface area contributed by atoms with E-state index in [4.69, 9.17) is 4.98 Å². The summed E-state index contributed by atoms with van der Waals surface area (Å²) in [7, 11) is 0. The van der Waals surface area contributed by atoms with E-state index in [1.54, 1.807) is 0 Å². The summed E-state index contributed by atoms with van der Waals surface area (Å²) < 4.78 is 1.98. The van der Waals surface area contributed by atoms with Gasteiger partial charge < -0.3 is 0 Å². The van der Waals surface area contributed by atoms with Crippen LogP contribution in [0.3, 0.4) is 0 Å². The first-order chi connectivity index (χ1) is 10.3. The second-order valence-electron chi connectivity index (χ2n) is 6.14. The van der Waals surface area contributed by atoms with Crippen molar-refractivity contribution in [2.75, 3.05) is 6.54 Å². The Labute approximate surface area is 125 Å². The maximum atomic E-state index is 4.78. The molecule has 0 bridgehead atoms. The first kappa shape index (κ1) is 13.0. The maximum absolute atomic E-state index is 4.78. The number of rotatable bonds is 4. The van der Waals surface area contributed by atoms with Gasteiger partial charge in [0.25, 0.3) is 0 Å². The third-order valence-electron chi connectivity index (χ3n) is 4.39. The fraction of sp³-hybridized carbons (Fsp3) is 0.562. The zero-order valence-corrected chi connectivity index (χ0v) is 12.5. The molecule has 0 unspecified atom stereocenters. The molecule has 5 nitrogen and oxygen atoms in total. The van der Waals surface area contributed by atoms with Crippen molar-refractivity contribution in [1.82, 2.24) is 24.6 Å². The molecule has 0 atom stereocenters. The SMILES string of the molecule is CCn1cc(CN2CCc3nc(C4CC4)ncc3C2)cn1. The molecule has 3 heterocycles. The average molecular weight is 283 g/mol. The highest BCUT2D eigenvalue weighted by molar-refractivity contribution is 5.23. The van der Waals surface area contributed by atoms with E-state index >= 15 is 0 Å². The second-order valence-corrected chi connectivity index (χ2v) is 6.14. The van der Waals surface area contributed by atoms with Crippen molar-refractivity contribution in [3.05, 3.63) is 41.2 Å². The molecule has 0 saturated heterocycles. The molecule has 0 N–H and O–H groups in total. The van der Waals surface area contributed by atoms with Crippen molar-refractivity contribution in [3.63, 3.8) is 0 Å². The van der Waals surface area contributed by atoms with Crippen LogP contribution in [0.2, 0.25) is 0 Å². The van der Waals surface area contributed by atoms with Gasteiger partial charge in [-0.15, -0.1) is 0 Å². The molecule has 2 aliphatic rings. The average Bonchev–Trinajstić information content (AvgIpc) is 3.27. The molecule has 0 spiro atoms. The van der Waals surface area contributed by atoms with Crippen LogP contribution in [0.1, 0.15) is 48.3 Å². The minimum Gasteiger partial charge on any atom is -0.294 e. The summed E-state index contributed by atoms with van der Waals surface area (Å²) in [6.07, 6.45) is 9.75. The maximum Gasteiger partial charge on any atom is 0.131 e. The Kier molecular flexibility index (Phi) is 3.22. The van der Waals surface area contributed by atoms with Gasteiger partial charge in [0.15, 0.2) is 0 Å². The van der Waals surface area contributed by atoms with Crippen LogP contribution in [-0.2, 0) is 26.1 Å². The highest BCUT2D eigenvalue weighted by Crippen LogP contribution is 2.38. The summed E-state index contributed by atoms with van der Waals surface area (Å²) in [5, 5.41) is 4.35. The number of fused-ring (bicyclic) bond motifs is 1. The molecule has 2 aromatic rings. The Morgan fingerprint density at radius 2 is 2.19 bits per heavy atom. The van der Waals surface area contributed by atoms with Crippen molar-refractivity contribution >= 4 is 0 Å². The number of hydrogen-bond acceptors (Lipinski definition) is 4. The molecule has 5 heteroatoms. The highest BCUT2D eigenvalue weighted by atomic mass is 15.3. The third-order valence-corrected chi connectivity index (χ3v) is 4.39. The summed E-state index contributed by atoms with van der Waals surface area (Å²) in [4.78, 5) is 11.8. The van der Waals surface area contributed by atoms with Crippen molar-refractivity contribution in [2.45, 2.75) is 51.7 Å². The minimum absolute atomic E-state index is 0.646. The molecule has 110 valence electrons. The van der Waals surface area contributed by atoms with Crippen LogP contribution in [0.15, 0.2) is 18.6 Å².